The summed E-state index contributed by atoms with van der Waals surface area (Å²) in [4.78, 5) is 25.8. The Morgan fingerprint density at radius 3 is 2.65 bits per heavy atom. The number of hydrogen-bond acceptors (Lipinski definition) is 6. The van der Waals surface area contributed by atoms with E-state index in [9.17, 15) is 19.8 Å². The molecule has 2 N–H and O–H groups in total. The van der Waals surface area contributed by atoms with Gasteiger partial charge in [0.2, 0.25) is 0 Å². The fourth-order valence-corrected chi connectivity index (χ4v) is 9.69. The Bertz CT molecular complexity index is 999. The van der Waals surface area contributed by atoms with Gasteiger partial charge < -0.3 is 19.7 Å². The molecule has 6 aliphatic rings. The molecular weight excluding hydrogens is 432 g/mol. The molecule has 6 rings (SSSR count). The van der Waals surface area contributed by atoms with Gasteiger partial charge in [-0.3, -0.25) is 4.79 Å². The van der Waals surface area contributed by atoms with Crippen molar-refractivity contribution in [3.05, 3.63) is 23.3 Å². The minimum absolute atomic E-state index is 0.0366. The van der Waals surface area contributed by atoms with Crippen molar-refractivity contribution in [2.75, 3.05) is 6.61 Å². The summed E-state index contributed by atoms with van der Waals surface area (Å²) in [5.74, 6) is 1.61. The van der Waals surface area contributed by atoms with Gasteiger partial charge in [0.1, 0.15) is 17.8 Å². The van der Waals surface area contributed by atoms with Gasteiger partial charge in [0.05, 0.1) is 23.7 Å². The molecule has 0 aromatic carbocycles. The number of hydrogen-bond donors (Lipinski definition) is 2. The van der Waals surface area contributed by atoms with Crippen LogP contribution in [0.1, 0.15) is 66.2 Å². The number of carbonyl (C=O) groups is 2. The van der Waals surface area contributed by atoms with Crippen LogP contribution in [0.25, 0.3) is 0 Å². The monoisotopic (exact) mass is 470 g/mol. The lowest BCUT2D eigenvalue weighted by molar-refractivity contribution is -0.155. The lowest BCUT2D eigenvalue weighted by Crippen LogP contribution is -2.63. The summed E-state index contributed by atoms with van der Waals surface area (Å²) in [6.07, 6.45) is 8.23. The topological polar surface area (TPSA) is 96.4 Å². The normalized spacial score (nSPS) is 52.4. The van der Waals surface area contributed by atoms with Crippen molar-refractivity contribution in [3.8, 4) is 0 Å². The predicted octanol–water partition coefficient (Wildman–Crippen LogP) is 3.35. The molecule has 2 heterocycles. The van der Waals surface area contributed by atoms with Gasteiger partial charge in [0.25, 0.3) is 0 Å². The molecule has 0 unspecified atom stereocenters. The van der Waals surface area contributed by atoms with Crippen molar-refractivity contribution in [3.63, 3.8) is 0 Å². The second kappa shape index (κ2) is 7.27. The fourth-order valence-electron chi connectivity index (χ4n) is 9.69. The molecule has 1 spiro atoms. The maximum atomic E-state index is 13.3. The molecule has 0 radical (unpaired) electrons. The van der Waals surface area contributed by atoms with Crippen LogP contribution in [-0.4, -0.2) is 52.5 Å². The second-order valence-corrected chi connectivity index (χ2v) is 12.5. The third-order valence-electron chi connectivity index (χ3n) is 11.6. The number of esters is 1. The highest BCUT2D eigenvalue weighted by Gasteiger charge is 2.80. The number of epoxide rings is 1. The van der Waals surface area contributed by atoms with E-state index >= 15 is 0 Å². The number of cyclic esters (lactones) is 1. The van der Waals surface area contributed by atoms with Crippen LogP contribution in [0.3, 0.4) is 0 Å². The standard InChI is InChI=1S/C28H38O6/c1-14-11-21(33-25(32)17(14)13-29)15(2)18-5-6-19-16-12-24-28(34-24)23(31)8-7-22(30)27(28,4)20(16)9-10-26(18,19)3/h7-8,15-16,18-21,23-24,29,31H,5-6,9-13H2,1-4H3/t15-,16-,18+,19-,20-,21-,23+,24+,26+,27-,28+/m0/s1. The lowest BCUT2D eigenvalue weighted by Gasteiger charge is -2.58. The number of ketones is 1. The third-order valence-corrected chi connectivity index (χ3v) is 11.6. The summed E-state index contributed by atoms with van der Waals surface area (Å²) in [6, 6.07) is 0. The van der Waals surface area contributed by atoms with Crippen LogP contribution >= 0.6 is 0 Å². The Morgan fingerprint density at radius 2 is 1.94 bits per heavy atom. The first-order valence-electron chi connectivity index (χ1n) is 13.2. The molecule has 4 aliphatic carbocycles. The summed E-state index contributed by atoms with van der Waals surface area (Å²) in [6.45, 7) is 8.41. The van der Waals surface area contributed by atoms with Gasteiger partial charge in [-0.15, -0.1) is 0 Å². The third kappa shape index (κ3) is 2.63. The number of allylic oxidation sites excluding steroid dienone is 1. The van der Waals surface area contributed by atoms with Crippen LogP contribution in [0.15, 0.2) is 23.3 Å². The zero-order valence-electron chi connectivity index (χ0n) is 20.8. The van der Waals surface area contributed by atoms with Crippen LogP contribution in [0.2, 0.25) is 0 Å². The number of ether oxygens (including phenoxy) is 2. The van der Waals surface area contributed by atoms with Crippen molar-refractivity contribution in [2.45, 2.75) is 90.1 Å². The predicted molar refractivity (Wildman–Crippen MR) is 124 cm³/mol. The Labute approximate surface area is 201 Å². The van der Waals surface area contributed by atoms with E-state index in [1.54, 1.807) is 12.2 Å². The van der Waals surface area contributed by atoms with Gasteiger partial charge in [-0.1, -0.05) is 19.4 Å². The maximum Gasteiger partial charge on any atom is 0.336 e. The summed E-state index contributed by atoms with van der Waals surface area (Å²) >= 11 is 0. The largest absolute Gasteiger partial charge is 0.458 e. The van der Waals surface area contributed by atoms with Crippen LogP contribution in [-0.2, 0) is 19.1 Å². The zero-order chi connectivity index (χ0) is 24.2. The van der Waals surface area contributed by atoms with Crippen molar-refractivity contribution in [2.24, 2.45) is 40.4 Å². The number of carbonyl (C=O) groups excluding carboxylic acids is 2. The molecule has 11 atom stereocenters. The molecular formula is C28H38O6. The number of rotatable bonds is 3. The maximum absolute atomic E-state index is 13.3. The van der Waals surface area contributed by atoms with Crippen LogP contribution in [0.5, 0.6) is 0 Å². The highest BCUT2D eigenvalue weighted by molar-refractivity contribution is 5.98. The highest BCUT2D eigenvalue weighted by atomic mass is 16.6. The Balaban J connectivity index is 1.27. The highest BCUT2D eigenvalue weighted by Crippen LogP contribution is 2.73. The van der Waals surface area contributed by atoms with Crippen LogP contribution in [0.4, 0.5) is 0 Å². The Morgan fingerprint density at radius 1 is 1.18 bits per heavy atom. The summed E-state index contributed by atoms with van der Waals surface area (Å²) in [7, 11) is 0. The first-order valence-corrected chi connectivity index (χ1v) is 13.2. The van der Waals surface area contributed by atoms with Crippen molar-refractivity contribution in [1.82, 2.24) is 0 Å². The number of aliphatic hydroxyl groups is 2. The molecule has 6 nitrogen and oxygen atoms in total. The minimum atomic E-state index is -0.719. The average Bonchev–Trinajstić information content (AvgIpc) is 3.43. The molecule has 0 amide bonds. The molecule has 34 heavy (non-hydrogen) atoms. The van der Waals surface area contributed by atoms with E-state index in [1.165, 1.54) is 0 Å². The van der Waals surface area contributed by atoms with E-state index in [4.69, 9.17) is 9.47 Å². The van der Waals surface area contributed by atoms with E-state index in [2.05, 4.69) is 20.8 Å². The number of aliphatic hydroxyl groups excluding tert-OH is 2. The first-order chi connectivity index (χ1) is 16.1. The molecule has 0 aromatic heterocycles. The first kappa shape index (κ1) is 22.9. The van der Waals surface area contributed by atoms with Crippen LogP contribution in [0, 0.1) is 40.4 Å². The van der Waals surface area contributed by atoms with E-state index in [1.807, 2.05) is 6.92 Å². The molecule has 4 fully saturated rings. The fraction of sp³-hybridized carbons (Fsp3) is 0.786. The molecule has 3 saturated carbocycles. The van der Waals surface area contributed by atoms with E-state index in [-0.39, 0.29) is 47.8 Å². The molecule has 6 heteroatoms. The van der Waals surface area contributed by atoms with Gasteiger partial charge in [-0.2, -0.15) is 0 Å². The summed E-state index contributed by atoms with van der Waals surface area (Å²) in [5, 5.41) is 20.4. The molecule has 0 bridgehead atoms. The van der Waals surface area contributed by atoms with Gasteiger partial charge in [-0.25, -0.2) is 4.79 Å². The Kier molecular flexibility index (Phi) is 4.90. The molecule has 186 valence electrons. The smallest absolute Gasteiger partial charge is 0.336 e. The zero-order valence-corrected chi connectivity index (χ0v) is 20.8. The van der Waals surface area contributed by atoms with Crippen molar-refractivity contribution in [1.29, 1.82) is 0 Å². The van der Waals surface area contributed by atoms with E-state index in [0.717, 1.165) is 37.7 Å². The minimum Gasteiger partial charge on any atom is -0.458 e. The van der Waals surface area contributed by atoms with Crippen LogP contribution < -0.4 is 0 Å². The van der Waals surface area contributed by atoms with Gasteiger partial charge in [-0.05, 0) is 93.1 Å². The SMILES string of the molecule is CC1=C(CO)C(=O)O[C@H]([C@@H](C)[C@H]2CC[C@H]3[C@@H]4C[C@H]5O[C@]56[C@H](O)C=CC(=O)[C@]6(C)[C@H]4CC[C@]23C)C1. The van der Waals surface area contributed by atoms with Gasteiger partial charge in [0.15, 0.2) is 5.78 Å². The quantitative estimate of drug-likeness (QED) is 0.485. The van der Waals surface area contributed by atoms with Crippen molar-refractivity contribution >= 4 is 11.8 Å². The summed E-state index contributed by atoms with van der Waals surface area (Å²) in [5.41, 5.74) is 0.129. The van der Waals surface area contributed by atoms with Gasteiger partial charge in [0, 0.05) is 6.42 Å². The summed E-state index contributed by atoms with van der Waals surface area (Å²) < 4.78 is 12.1. The van der Waals surface area contributed by atoms with Gasteiger partial charge >= 0.3 is 5.97 Å². The van der Waals surface area contributed by atoms with E-state index in [0.29, 0.717) is 29.7 Å². The second-order valence-electron chi connectivity index (χ2n) is 12.5. The molecule has 0 aromatic rings. The lowest BCUT2D eigenvalue weighted by atomic mass is 9.44. The van der Waals surface area contributed by atoms with E-state index < -0.39 is 17.1 Å². The molecule has 1 saturated heterocycles. The number of fused-ring (bicyclic) bond motifs is 4. The average molecular weight is 471 g/mol. The Hall–Kier alpha value is -1.50. The van der Waals surface area contributed by atoms with Crippen molar-refractivity contribution < 1.29 is 29.3 Å². The molecule has 2 aliphatic heterocycles.